The number of ether oxygens (including phenoxy) is 3. The Kier molecular flexibility index (Phi) is 11.6. The Labute approximate surface area is 217 Å². The standard InChI is InChI=1S/C23H36N4O9S/c1-22(2,3)35-20(30)24-11-13-27(14-12-25-21(31)36-23(4,5)6)16-26-37(32,33)18-9-7-17(8-10-18)34-15-19(28)29/h7-10,16H,11-15H2,1-6H3,(H,24,30)(H,25,31)(H,28,29)/b26-16+. The van der Waals surface area contributed by atoms with Crippen LogP contribution in [-0.4, -0.2) is 86.9 Å². The Hall–Kier alpha value is -3.55. The topological polar surface area (TPSA) is 173 Å². The van der Waals surface area contributed by atoms with Crippen LogP contribution >= 0.6 is 0 Å². The molecule has 208 valence electrons. The average molecular weight is 545 g/mol. The molecule has 0 bridgehead atoms. The SMILES string of the molecule is CC(C)(C)OC(=O)NCCN(/C=N/S(=O)(=O)c1ccc(OCC(=O)O)cc1)CCNC(=O)OC(C)(C)C. The van der Waals surface area contributed by atoms with Crippen LogP contribution in [0.5, 0.6) is 5.75 Å². The second-order valence-electron chi connectivity index (χ2n) is 9.74. The summed E-state index contributed by atoms with van der Waals surface area (Å²) >= 11 is 0. The van der Waals surface area contributed by atoms with Crippen molar-refractivity contribution in [2.75, 3.05) is 32.8 Å². The van der Waals surface area contributed by atoms with Crippen molar-refractivity contribution >= 4 is 34.5 Å². The number of aliphatic carboxylic acids is 1. The molecule has 0 aliphatic rings. The average Bonchev–Trinajstić information content (AvgIpc) is 2.73. The first-order valence-corrected chi connectivity index (χ1v) is 12.8. The van der Waals surface area contributed by atoms with E-state index in [2.05, 4.69) is 15.0 Å². The number of alkyl carbamates (subject to hydrolysis) is 2. The van der Waals surface area contributed by atoms with Gasteiger partial charge in [-0.15, -0.1) is 4.40 Å². The number of carboxylic acid groups (broad SMARTS) is 1. The predicted octanol–water partition coefficient (Wildman–Crippen LogP) is 2.22. The molecular formula is C23H36N4O9S. The smallest absolute Gasteiger partial charge is 0.407 e. The molecule has 14 heteroatoms. The van der Waals surface area contributed by atoms with Gasteiger partial charge in [0.1, 0.15) is 23.3 Å². The molecule has 1 aromatic rings. The first kappa shape index (κ1) is 31.5. The van der Waals surface area contributed by atoms with Gasteiger partial charge in [-0.25, -0.2) is 14.4 Å². The number of sulfonamides is 1. The Morgan fingerprint density at radius 2 is 1.38 bits per heavy atom. The molecule has 0 saturated heterocycles. The number of hydrogen-bond donors (Lipinski definition) is 3. The molecule has 0 aromatic heterocycles. The fraction of sp³-hybridized carbons (Fsp3) is 0.565. The van der Waals surface area contributed by atoms with Crippen LogP contribution in [0.1, 0.15) is 41.5 Å². The lowest BCUT2D eigenvalue weighted by Crippen LogP contribution is -2.41. The van der Waals surface area contributed by atoms with E-state index in [1.807, 2.05) is 0 Å². The molecule has 0 saturated carbocycles. The monoisotopic (exact) mass is 544 g/mol. The van der Waals surface area contributed by atoms with Crippen LogP contribution < -0.4 is 15.4 Å². The molecule has 3 N–H and O–H groups in total. The van der Waals surface area contributed by atoms with Gasteiger partial charge in [0.15, 0.2) is 6.61 Å². The van der Waals surface area contributed by atoms with Crippen molar-refractivity contribution in [3.05, 3.63) is 24.3 Å². The molecule has 0 fully saturated rings. The van der Waals surface area contributed by atoms with Crippen molar-refractivity contribution in [3.8, 4) is 5.75 Å². The second kappa shape index (κ2) is 13.7. The van der Waals surface area contributed by atoms with Crippen LogP contribution in [0.4, 0.5) is 9.59 Å². The Morgan fingerprint density at radius 3 is 1.78 bits per heavy atom. The molecular weight excluding hydrogens is 508 g/mol. The number of hydrogen-bond acceptors (Lipinski definition) is 8. The third-order valence-corrected chi connectivity index (χ3v) is 5.21. The van der Waals surface area contributed by atoms with Gasteiger partial charge < -0.3 is 34.9 Å². The molecule has 0 aliphatic heterocycles. The highest BCUT2D eigenvalue weighted by Crippen LogP contribution is 2.17. The Morgan fingerprint density at radius 1 is 0.919 bits per heavy atom. The molecule has 0 heterocycles. The summed E-state index contributed by atoms with van der Waals surface area (Å²) in [6.45, 7) is 10.3. The molecule has 37 heavy (non-hydrogen) atoms. The summed E-state index contributed by atoms with van der Waals surface area (Å²) in [5.74, 6) is -0.975. The normalized spacial score (nSPS) is 12.1. The summed E-state index contributed by atoms with van der Waals surface area (Å²) in [7, 11) is -4.10. The highest BCUT2D eigenvalue weighted by Gasteiger charge is 2.18. The molecule has 2 amide bonds. The van der Waals surface area contributed by atoms with Crippen LogP contribution in [0.3, 0.4) is 0 Å². The van der Waals surface area contributed by atoms with E-state index in [-0.39, 0.29) is 36.8 Å². The number of rotatable bonds is 12. The lowest BCUT2D eigenvalue weighted by molar-refractivity contribution is -0.139. The zero-order valence-electron chi connectivity index (χ0n) is 21.9. The van der Waals surface area contributed by atoms with Crippen molar-refractivity contribution < 1.29 is 42.1 Å². The molecule has 0 unspecified atom stereocenters. The number of amides is 2. The third-order valence-electron chi connectivity index (χ3n) is 3.97. The van der Waals surface area contributed by atoms with Gasteiger partial charge in [-0.1, -0.05) is 0 Å². The van der Waals surface area contributed by atoms with Gasteiger partial charge in [0.25, 0.3) is 10.0 Å². The van der Waals surface area contributed by atoms with E-state index in [9.17, 15) is 22.8 Å². The first-order chi connectivity index (χ1) is 17.0. The van der Waals surface area contributed by atoms with Crippen molar-refractivity contribution in [1.29, 1.82) is 0 Å². The largest absolute Gasteiger partial charge is 0.482 e. The summed E-state index contributed by atoms with van der Waals surface area (Å²) < 4.78 is 44.3. The van der Waals surface area contributed by atoms with E-state index >= 15 is 0 Å². The van der Waals surface area contributed by atoms with E-state index < -0.39 is 46.0 Å². The summed E-state index contributed by atoms with van der Waals surface area (Å²) in [6.07, 6.45) is -0.166. The van der Waals surface area contributed by atoms with Crippen molar-refractivity contribution in [1.82, 2.24) is 15.5 Å². The summed E-state index contributed by atoms with van der Waals surface area (Å²) in [5.41, 5.74) is -1.35. The maximum atomic E-state index is 12.7. The van der Waals surface area contributed by atoms with Crippen LogP contribution in [0.15, 0.2) is 33.6 Å². The third kappa shape index (κ3) is 14.6. The highest BCUT2D eigenvalue weighted by atomic mass is 32.2. The van der Waals surface area contributed by atoms with Gasteiger partial charge in [-0.3, -0.25) is 0 Å². The van der Waals surface area contributed by atoms with Crippen LogP contribution in [0, 0.1) is 0 Å². The lowest BCUT2D eigenvalue weighted by Gasteiger charge is -2.23. The molecule has 0 spiro atoms. The maximum Gasteiger partial charge on any atom is 0.407 e. The van der Waals surface area contributed by atoms with Gasteiger partial charge in [-0.2, -0.15) is 8.42 Å². The van der Waals surface area contributed by atoms with E-state index in [1.54, 1.807) is 41.5 Å². The van der Waals surface area contributed by atoms with Crippen molar-refractivity contribution in [2.45, 2.75) is 57.6 Å². The van der Waals surface area contributed by atoms with E-state index in [0.29, 0.717) is 0 Å². The fourth-order valence-corrected chi connectivity index (χ4v) is 3.36. The second-order valence-corrected chi connectivity index (χ2v) is 11.4. The predicted molar refractivity (Wildman–Crippen MR) is 135 cm³/mol. The van der Waals surface area contributed by atoms with Crippen molar-refractivity contribution in [2.24, 2.45) is 4.40 Å². The molecule has 0 radical (unpaired) electrons. The molecule has 1 aromatic carbocycles. The van der Waals surface area contributed by atoms with E-state index in [4.69, 9.17) is 19.3 Å². The summed E-state index contributed by atoms with van der Waals surface area (Å²) in [6, 6.07) is 5.11. The van der Waals surface area contributed by atoms with Crippen LogP contribution in [0.25, 0.3) is 0 Å². The number of carbonyl (C=O) groups is 3. The summed E-state index contributed by atoms with van der Waals surface area (Å²) in [4.78, 5) is 35.7. The Balaban J connectivity index is 2.85. The first-order valence-electron chi connectivity index (χ1n) is 11.4. The number of carbonyl (C=O) groups excluding carboxylic acids is 2. The minimum atomic E-state index is -4.10. The minimum absolute atomic E-state index is 0.114. The van der Waals surface area contributed by atoms with E-state index in [0.717, 1.165) is 6.34 Å². The highest BCUT2D eigenvalue weighted by molar-refractivity contribution is 7.90. The van der Waals surface area contributed by atoms with Crippen LogP contribution in [-0.2, 0) is 24.3 Å². The maximum absolute atomic E-state index is 12.7. The molecule has 0 aliphatic carbocycles. The summed E-state index contributed by atoms with van der Waals surface area (Å²) in [5, 5.41) is 13.8. The minimum Gasteiger partial charge on any atom is -0.482 e. The number of nitrogens with one attached hydrogen (secondary N) is 2. The van der Waals surface area contributed by atoms with Gasteiger partial charge in [0, 0.05) is 26.2 Å². The van der Waals surface area contributed by atoms with Gasteiger partial charge >= 0.3 is 18.2 Å². The number of carboxylic acids is 1. The van der Waals surface area contributed by atoms with E-state index in [1.165, 1.54) is 29.2 Å². The van der Waals surface area contributed by atoms with Gasteiger partial charge in [-0.05, 0) is 65.8 Å². The van der Waals surface area contributed by atoms with Crippen LogP contribution in [0.2, 0.25) is 0 Å². The van der Waals surface area contributed by atoms with Gasteiger partial charge in [0.05, 0.1) is 4.90 Å². The molecule has 0 atom stereocenters. The molecule has 1 rings (SSSR count). The Bertz CT molecular complexity index is 1010. The number of benzene rings is 1. The quantitative estimate of drug-likeness (QED) is 0.261. The fourth-order valence-electron chi connectivity index (χ4n) is 2.50. The number of nitrogens with zero attached hydrogens (tertiary/aromatic N) is 2. The van der Waals surface area contributed by atoms with Crippen molar-refractivity contribution in [3.63, 3.8) is 0 Å². The zero-order chi connectivity index (χ0) is 28.3. The van der Waals surface area contributed by atoms with Gasteiger partial charge in [0.2, 0.25) is 0 Å². The zero-order valence-corrected chi connectivity index (χ0v) is 22.8. The molecule has 13 nitrogen and oxygen atoms in total. The lowest BCUT2D eigenvalue weighted by atomic mass is 10.2.